The highest BCUT2D eigenvalue weighted by Crippen LogP contribution is 2.27. The number of carbonyl (C=O) groups excluding carboxylic acids is 2. The van der Waals surface area contributed by atoms with Crippen LogP contribution in [-0.2, 0) is 4.74 Å². The first-order chi connectivity index (χ1) is 11.6. The second kappa shape index (κ2) is 6.84. The summed E-state index contributed by atoms with van der Waals surface area (Å²) in [6.45, 7) is 2.95. The standard InChI is InChI=1S/C19H20N2O3/c1-13-11-21(17(12-24-13)14-5-3-2-4-6-14)19(23)16-9-7-15(8-10-16)18(20)22/h2-10,13,17H,11-12H2,1H3,(H2,20,22)/t13-,17-/m0/s1. The van der Waals surface area contributed by atoms with Crippen molar-refractivity contribution in [2.45, 2.75) is 19.1 Å². The minimum atomic E-state index is -0.504. The lowest BCUT2D eigenvalue weighted by atomic mass is 10.0. The van der Waals surface area contributed by atoms with Crippen molar-refractivity contribution in [1.29, 1.82) is 0 Å². The predicted octanol–water partition coefficient (Wildman–Crippen LogP) is 2.39. The molecule has 1 saturated heterocycles. The molecule has 3 rings (SSSR count). The maximum absolute atomic E-state index is 13.0. The van der Waals surface area contributed by atoms with Crippen molar-refractivity contribution in [3.8, 4) is 0 Å². The molecule has 0 unspecified atom stereocenters. The molecule has 1 heterocycles. The number of hydrogen-bond donors (Lipinski definition) is 1. The van der Waals surface area contributed by atoms with Gasteiger partial charge in [-0.2, -0.15) is 0 Å². The van der Waals surface area contributed by atoms with E-state index >= 15 is 0 Å². The van der Waals surface area contributed by atoms with E-state index < -0.39 is 5.91 Å². The number of rotatable bonds is 3. The van der Waals surface area contributed by atoms with Gasteiger partial charge in [-0.15, -0.1) is 0 Å². The van der Waals surface area contributed by atoms with Crippen molar-refractivity contribution >= 4 is 11.8 Å². The zero-order valence-corrected chi connectivity index (χ0v) is 13.5. The number of morpholine rings is 1. The van der Waals surface area contributed by atoms with Crippen LogP contribution in [0.4, 0.5) is 0 Å². The van der Waals surface area contributed by atoms with Crippen LogP contribution in [0.15, 0.2) is 54.6 Å². The number of carbonyl (C=O) groups is 2. The number of benzene rings is 2. The van der Waals surface area contributed by atoms with E-state index in [2.05, 4.69) is 0 Å². The molecule has 124 valence electrons. The molecule has 2 aromatic carbocycles. The number of amides is 2. The van der Waals surface area contributed by atoms with Crippen molar-refractivity contribution < 1.29 is 14.3 Å². The summed E-state index contributed by atoms with van der Waals surface area (Å²) in [6, 6.07) is 16.2. The van der Waals surface area contributed by atoms with Crippen LogP contribution >= 0.6 is 0 Å². The van der Waals surface area contributed by atoms with Crippen molar-refractivity contribution in [3.63, 3.8) is 0 Å². The van der Waals surface area contributed by atoms with Gasteiger partial charge in [0.1, 0.15) is 0 Å². The lowest BCUT2D eigenvalue weighted by Crippen LogP contribution is -2.46. The zero-order valence-electron chi connectivity index (χ0n) is 13.5. The molecule has 1 aliphatic rings. The third kappa shape index (κ3) is 3.31. The Bertz CT molecular complexity index is 728. The first-order valence-corrected chi connectivity index (χ1v) is 7.93. The highest BCUT2D eigenvalue weighted by atomic mass is 16.5. The molecule has 2 N–H and O–H groups in total. The zero-order chi connectivity index (χ0) is 17.1. The largest absolute Gasteiger partial charge is 0.374 e. The highest BCUT2D eigenvalue weighted by Gasteiger charge is 2.32. The molecule has 24 heavy (non-hydrogen) atoms. The molecule has 5 heteroatoms. The quantitative estimate of drug-likeness (QED) is 0.942. The molecule has 2 amide bonds. The van der Waals surface area contributed by atoms with Gasteiger partial charge in [0.25, 0.3) is 5.91 Å². The Kier molecular flexibility index (Phi) is 4.62. The minimum absolute atomic E-state index is 0.0150. The Labute approximate surface area is 141 Å². The third-order valence-corrected chi connectivity index (χ3v) is 4.23. The van der Waals surface area contributed by atoms with E-state index in [1.807, 2.05) is 42.2 Å². The van der Waals surface area contributed by atoms with E-state index in [0.717, 1.165) is 5.56 Å². The van der Waals surface area contributed by atoms with Gasteiger partial charge in [0.2, 0.25) is 5.91 Å². The summed E-state index contributed by atoms with van der Waals surface area (Å²) in [5.74, 6) is -0.578. The van der Waals surface area contributed by atoms with Crippen LogP contribution in [0.1, 0.15) is 39.2 Å². The lowest BCUT2D eigenvalue weighted by Gasteiger charge is -2.39. The van der Waals surface area contributed by atoms with E-state index in [0.29, 0.717) is 24.3 Å². The minimum Gasteiger partial charge on any atom is -0.374 e. The van der Waals surface area contributed by atoms with Gasteiger partial charge in [0.05, 0.1) is 18.8 Å². The average molecular weight is 324 g/mol. The fraction of sp³-hybridized carbons (Fsp3) is 0.263. The van der Waals surface area contributed by atoms with Crippen molar-refractivity contribution in [1.82, 2.24) is 4.90 Å². The summed E-state index contributed by atoms with van der Waals surface area (Å²) in [4.78, 5) is 26.0. The highest BCUT2D eigenvalue weighted by molar-refractivity contribution is 5.97. The summed E-state index contributed by atoms with van der Waals surface area (Å²) in [7, 11) is 0. The Hall–Kier alpha value is -2.66. The normalized spacial score (nSPS) is 20.6. The van der Waals surface area contributed by atoms with Crippen molar-refractivity contribution in [2.75, 3.05) is 13.2 Å². The van der Waals surface area contributed by atoms with Gasteiger partial charge in [-0.1, -0.05) is 30.3 Å². The summed E-state index contributed by atoms with van der Waals surface area (Å²) in [5.41, 5.74) is 7.22. The van der Waals surface area contributed by atoms with Gasteiger partial charge >= 0.3 is 0 Å². The monoisotopic (exact) mass is 324 g/mol. The Morgan fingerprint density at radius 3 is 2.29 bits per heavy atom. The molecule has 5 nitrogen and oxygen atoms in total. The molecule has 1 fully saturated rings. The number of nitrogens with zero attached hydrogens (tertiary/aromatic N) is 1. The van der Waals surface area contributed by atoms with Crippen LogP contribution in [0.5, 0.6) is 0 Å². The number of nitrogens with two attached hydrogens (primary N) is 1. The Morgan fingerprint density at radius 2 is 1.67 bits per heavy atom. The molecule has 1 aliphatic heterocycles. The Balaban J connectivity index is 1.88. The molecule has 0 radical (unpaired) electrons. The number of hydrogen-bond acceptors (Lipinski definition) is 3. The van der Waals surface area contributed by atoms with Gasteiger partial charge in [0, 0.05) is 17.7 Å². The lowest BCUT2D eigenvalue weighted by molar-refractivity contribution is -0.0447. The molecule has 0 spiro atoms. The van der Waals surface area contributed by atoms with Gasteiger partial charge in [0.15, 0.2) is 0 Å². The molecule has 0 saturated carbocycles. The van der Waals surface area contributed by atoms with Gasteiger partial charge in [-0.25, -0.2) is 0 Å². The molecule has 2 aromatic rings. The predicted molar refractivity (Wildman–Crippen MR) is 90.6 cm³/mol. The first kappa shape index (κ1) is 16.2. The van der Waals surface area contributed by atoms with Crippen LogP contribution in [0.25, 0.3) is 0 Å². The topological polar surface area (TPSA) is 72.6 Å². The smallest absolute Gasteiger partial charge is 0.254 e. The molecule has 0 aliphatic carbocycles. The summed E-state index contributed by atoms with van der Waals surface area (Å²) in [6.07, 6.45) is -0.0150. The van der Waals surface area contributed by atoms with E-state index in [-0.39, 0.29) is 18.1 Å². The second-order valence-corrected chi connectivity index (χ2v) is 5.97. The van der Waals surface area contributed by atoms with Crippen molar-refractivity contribution in [3.05, 3.63) is 71.3 Å². The molecular weight excluding hydrogens is 304 g/mol. The molecule has 2 atom stereocenters. The molecule has 0 aromatic heterocycles. The first-order valence-electron chi connectivity index (χ1n) is 7.93. The van der Waals surface area contributed by atoms with Crippen LogP contribution in [0.2, 0.25) is 0 Å². The van der Waals surface area contributed by atoms with Gasteiger partial charge in [-0.05, 0) is 36.8 Å². The van der Waals surface area contributed by atoms with Crippen LogP contribution in [-0.4, -0.2) is 36.0 Å². The van der Waals surface area contributed by atoms with Crippen LogP contribution in [0, 0.1) is 0 Å². The Morgan fingerprint density at radius 1 is 1.04 bits per heavy atom. The van der Waals surface area contributed by atoms with E-state index in [4.69, 9.17) is 10.5 Å². The van der Waals surface area contributed by atoms with Crippen LogP contribution < -0.4 is 5.73 Å². The maximum atomic E-state index is 13.0. The average Bonchev–Trinajstić information content (AvgIpc) is 2.62. The summed E-state index contributed by atoms with van der Waals surface area (Å²) >= 11 is 0. The van der Waals surface area contributed by atoms with E-state index in [9.17, 15) is 9.59 Å². The number of primary amides is 1. The fourth-order valence-corrected chi connectivity index (χ4v) is 2.92. The van der Waals surface area contributed by atoms with Crippen molar-refractivity contribution in [2.24, 2.45) is 5.73 Å². The van der Waals surface area contributed by atoms with E-state index in [1.54, 1.807) is 24.3 Å². The summed E-state index contributed by atoms with van der Waals surface area (Å²) in [5, 5.41) is 0. The molecule has 0 bridgehead atoms. The maximum Gasteiger partial charge on any atom is 0.254 e. The second-order valence-electron chi connectivity index (χ2n) is 5.97. The third-order valence-electron chi connectivity index (χ3n) is 4.23. The molecular formula is C19H20N2O3. The van der Waals surface area contributed by atoms with Gasteiger partial charge < -0.3 is 15.4 Å². The fourth-order valence-electron chi connectivity index (χ4n) is 2.92. The van der Waals surface area contributed by atoms with Crippen LogP contribution in [0.3, 0.4) is 0 Å². The van der Waals surface area contributed by atoms with Gasteiger partial charge in [-0.3, -0.25) is 9.59 Å². The summed E-state index contributed by atoms with van der Waals surface area (Å²) < 4.78 is 5.76. The SMILES string of the molecule is C[C@H]1CN(C(=O)c2ccc(C(N)=O)cc2)[C@H](c2ccccc2)CO1. The van der Waals surface area contributed by atoms with E-state index in [1.165, 1.54) is 0 Å². The number of ether oxygens (including phenoxy) is 1.